The Bertz CT molecular complexity index is 706. The minimum atomic E-state index is -0.0708. The van der Waals surface area contributed by atoms with Crippen LogP contribution in [-0.4, -0.2) is 19.0 Å². The van der Waals surface area contributed by atoms with Crippen LogP contribution < -0.4 is 4.74 Å². The molecule has 26 heavy (non-hydrogen) atoms. The molecular weight excluding hydrogens is 326 g/mol. The SMILES string of the molecule is C=C1CC[C@H](OC2CCCCO2)C/C=C\C=C/1Oc1ccc(C#N)cc1. The monoisotopic (exact) mass is 351 g/mol. The van der Waals surface area contributed by atoms with Crippen LogP contribution in [0.4, 0.5) is 0 Å². The fourth-order valence-electron chi connectivity index (χ4n) is 3.07. The first-order chi connectivity index (χ1) is 12.7. The number of benzene rings is 1. The van der Waals surface area contributed by atoms with Gasteiger partial charge in [0, 0.05) is 6.61 Å². The molecule has 0 N–H and O–H groups in total. The number of allylic oxidation sites excluding steroid dienone is 3. The molecule has 0 saturated carbocycles. The van der Waals surface area contributed by atoms with E-state index in [0.29, 0.717) is 11.3 Å². The number of rotatable bonds is 4. The van der Waals surface area contributed by atoms with E-state index < -0.39 is 0 Å². The smallest absolute Gasteiger partial charge is 0.157 e. The van der Waals surface area contributed by atoms with Gasteiger partial charge in [-0.1, -0.05) is 18.7 Å². The van der Waals surface area contributed by atoms with Crippen LogP contribution in [0.1, 0.15) is 44.1 Å². The Balaban J connectivity index is 1.58. The lowest BCUT2D eigenvalue weighted by Gasteiger charge is -2.27. The molecule has 1 aromatic rings. The summed E-state index contributed by atoms with van der Waals surface area (Å²) in [5.74, 6) is 1.45. The van der Waals surface area contributed by atoms with Gasteiger partial charge in [-0.2, -0.15) is 5.26 Å². The van der Waals surface area contributed by atoms with E-state index in [1.165, 1.54) is 6.42 Å². The quantitative estimate of drug-likeness (QED) is 0.763. The van der Waals surface area contributed by atoms with E-state index in [9.17, 15) is 0 Å². The molecule has 1 aliphatic carbocycles. The van der Waals surface area contributed by atoms with Gasteiger partial charge in [0.05, 0.1) is 17.7 Å². The predicted molar refractivity (Wildman–Crippen MR) is 100 cm³/mol. The fourth-order valence-corrected chi connectivity index (χ4v) is 3.07. The highest BCUT2D eigenvalue weighted by molar-refractivity contribution is 5.37. The third-order valence-corrected chi connectivity index (χ3v) is 4.59. The minimum Gasteiger partial charge on any atom is -0.457 e. The summed E-state index contributed by atoms with van der Waals surface area (Å²) in [6.07, 6.45) is 11.9. The standard InChI is InChI=1S/C22H25NO3/c1-17-9-12-19(26-22-8-4-5-15-24-22)6-2-3-7-21(17)25-20-13-10-18(16-23)11-14-20/h2-3,7,10-11,13-14,19,22H,1,4-6,8-9,12,15H2/b3-2-,21-7+/t19-,22?/m1/s1. The molecule has 1 heterocycles. The van der Waals surface area contributed by atoms with Crippen molar-refractivity contribution in [2.24, 2.45) is 0 Å². The second kappa shape index (κ2) is 9.38. The average molecular weight is 351 g/mol. The molecule has 1 unspecified atom stereocenters. The van der Waals surface area contributed by atoms with Crippen molar-refractivity contribution in [1.82, 2.24) is 0 Å². The highest BCUT2D eigenvalue weighted by Gasteiger charge is 2.20. The molecule has 1 aromatic carbocycles. The van der Waals surface area contributed by atoms with E-state index in [2.05, 4.69) is 18.7 Å². The maximum Gasteiger partial charge on any atom is 0.157 e. The fraction of sp³-hybridized carbons (Fsp3) is 0.409. The molecule has 1 fully saturated rings. The van der Waals surface area contributed by atoms with Gasteiger partial charge in [0.1, 0.15) is 11.5 Å². The van der Waals surface area contributed by atoms with Crippen molar-refractivity contribution in [3.63, 3.8) is 0 Å². The van der Waals surface area contributed by atoms with Gasteiger partial charge < -0.3 is 14.2 Å². The lowest BCUT2D eigenvalue weighted by Crippen LogP contribution is -2.27. The molecule has 2 aliphatic rings. The van der Waals surface area contributed by atoms with E-state index in [4.69, 9.17) is 19.5 Å². The third kappa shape index (κ3) is 5.32. The summed E-state index contributed by atoms with van der Waals surface area (Å²) in [6, 6.07) is 9.21. The van der Waals surface area contributed by atoms with Crippen LogP contribution in [0, 0.1) is 11.3 Å². The van der Waals surface area contributed by atoms with E-state index in [1.807, 2.05) is 12.2 Å². The molecule has 2 atom stereocenters. The molecule has 1 saturated heterocycles. The Kier molecular flexibility index (Phi) is 6.65. The molecule has 0 bridgehead atoms. The van der Waals surface area contributed by atoms with Crippen LogP contribution in [0.15, 0.2) is 60.4 Å². The zero-order valence-electron chi connectivity index (χ0n) is 15.0. The number of hydrogen-bond acceptors (Lipinski definition) is 4. The van der Waals surface area contributed by atoms with Crippen molar-refractivity contribution < 1.29 is 14.2 Å². The first-order valence-corrected chi connectivity index (χ1v) is 9.24. The van der Waals surface area contributed by atoms with Gasteiger partial charge in [0.15, 0.2) is 6.29 Å². The summed E-state index contributed by atoms with van der Waals surface area (Å²) in [4.78, 5) is 0. The second-order valence-electron chi connectivity index (χ2n) is 6.63. The summed E-state index contributed by atoms with van der Waals surface area (Å²) in [6.45, 7) is 4.98. The summed E-state index contributed by atoms with van der Waals surface area (Å²) in [5.41, 5.74) is 1.56. The lowest BCUT2D eigenvalue weighted by atomic mass is 10.1. The number of ether oxygens (including phenoxy) is 3. The highest BCUT2D eigenvalue weighted by atomic mass is 16.7. The average Bonchev–Trinajstić information content (AvgIpc) is 2.76. The first kappa shape index (κ1) is 18.4. The minimum absolute atomic E-state index is 0.0708. The van der Waals surface area contributed by atoms with Gasteiger partial charge in [-0.15, -0.1) is 0 Å². The molecule has 4 nitrogen and oxygen atoms in total. The first-order valence-electron chi connectivity index (χ1n) is 9.24. The second-order valence-corrected chi connectivity index (χ2v) is 6.63. The van der Waals surface area contributed by atoms with Gasteiger partial charge >= 0.3 is 0 Å². The van der Waals surface area contributed by atoms with E-state index >= 15 is 0 Å². The maximum absolute atomic E-state index is 8.89. The maximum atomic E-state index is 8.89. The van der Waals surface area contributed by atoms with Crippen LogP contribution in [0.3, 0.4) is 0 Å². The zero-order chi connectivity index (χ0) is 18.2. The Hall–Kier alpha value is -2.35. The van der Waals surface area contributed by atoms with Gasteiger partial charge in [-0.05, 0) is 74.4 Å². The Morgan fingerprint density at radius 1 is 1.15 bits per heavy atom. The molecule has 1 aliphatic heterocycles. The molecule has 0 amide bonds. The normalized spacial score (nSPS) is 27.2. The zero-order valence-corrected chi connectivity index (χ0v) is 15.0. The van der Waals surface area contributed by atoms with Crippen molar-refractivity contribution in [3.05, 3.63) is 66.0 Å². The van der Waals surface area contributed by atoms with E-state index in [1.54, 1.807) is 24.3 Å². The number of nitrogens with zero attached hydrogens (tertiary/aromatic N) is 1. The van der Waals surface area contributed by atoms with Crippen molar-refractivity contribution in [2.45, 2.75) is 50.9 Å². The lowest BCUT2D eigenvalue weighted by molar-refractivity contribution is -0.188. The number of hydrogen-bond donors (Lipinski definition) is 0. The van der Waals surface area contributed by atoms with Crippen molar-refractivity contribution >= 4 is 0 Å². The van der Waals surface area contributed by atoms with Crippen LogP contribution in [0.2, 0.25) is 0 Å². The third-order valence-electron chi connectivity index (χ3n) is 4.59. The van der Waals surface area contributed by atoms with Crippen LogP contribution in [-0.2, 0) is 9.47 Å². The van der Waals surface area contributed by atoms with Gasteiger partial charge in [0.2, 0.25) is 0 Å². The van der Waals surface area contributed by atoms with Crippen molar-refractivity contribution in [2.75, 3.05) is 6.61 Å². The van der Waals surface area contributed by atoms with Crippen molar-refractivity contribution in [3.8, 4) is 11.8 Å². The topological polar surface area (TPSA) is 51.5 Å². The van der Waals surface area contributed by atoms with Crippen LogP contribution in [0.5, 0.6) is 5.75 Å². The summed E-state index contributed by atoms with van der Waals surface area (Å²) in [5, 5.41) is 8.89. The Morgan fingerprint density at radius 3 is 2.73 bits per heavy atom. The summed E-state index contributed by atoms with van der Waals surface area (Å²) in [7, 11) is 0. The van der Waals surface area contributed by atoms with E-state index in [-0.39, 0.29) is 12.4 Å². The molecule has 0 radical (unpaired) electrons. The van der Waals surface area contributed by atoms with Gasteiger partial charge in [0.25, 0.3) is 0 Å². The van der Waals surface area contributed by atoms with Gasteiger partial charge in [-0.3, -0.25) is 0 Å². The van der Waals surface area contributed by atoms with Gasteiger partial charge in [-0.25, -0.2) is 0 Å². The highest BCUT2D eigenvalue weighted by Crippen LogP contribution is 2.26. The Morgan fingerprint density at radius 2 is 2.00 bits per heavy atom. The summed E-state index contributed by atoms with van der Waals surface area (Å²) >= 11 is 0. The Labute approximate surface area is 155 Å². The number of nitriles is 1. The predicted octanol–water partition coefficient (Wildman–Crippen LogP) is 5.03. The largest absolute Gasteiger partial charge is 0.457 e. The van der Waals surface area contributed by atoms with E-state index in [0.717, 1.165) is 50.0 Å². The molecule has 4 heteroatoms. The summed E-state index contributed by atoms with van der Waals surface area (Å²) < 4.78 is 17.8. The van der Waals surface area contributed by atoms with Crippen LogP contribution in [0.25, 0.3) is 0 Å². The van der Waals surface area contributed by atoms with Crippen LogP contribution >= 0.6 is 0 Å². The molecule has 0 spiro atoms. The molecule has 3 rings (SSSR count). The molecular formula is C22H25NO3. The molecule has 0 aromatic heterocycles. The molecule has 136 valence electrons. The van der Waals surface area contributed by atoms with Crippen molar-refractivity contribution in [1.29, 1.82) is 5.26 Å².